The molecule has 7 nitrogen and oxygen atoms in total. The highest BCUT2D eigenvalue weighted by atomic mass is 16.6. The van der Waals surface area contributed by atoms with Crippen molar-refractivity contribution < 1.29 is 24.2 Å². The number of hydrogen-bond donors (Lipinski definition) is 3. The number of carboxylic acids is 1. The van der Waals surface area contributed by atoms with Gasteiger partial charge in [0.1, 0.15) is 18.2 Å². The van der Waals surface area contributed by atoms with E-state index in [-0.39, 0.29) is 6.54 Å². The third-order valence-corrected chi connectivity index (χ3v) is 2.21. The first-order valence-corrected chi connectivity index (χ1v) is 6.32. The molecule has 1 atom stereocenters. The summed E-state index contributed by atoms with van der Waals surface area (Å²) >= 11 is 0. The third kappa shape index (κ3) is 7.60. The maximum Gasteiger partial charge on any atom is 0.408 e. The van der Waals surface area contributed by atoms with Gasteiger partial charge >= 0.3 is 12.1 Å². The van der Waals surface area contributed by atoms with Crippen LogP contribution in [0.15, 0.2) is 0 Å². The van der Waals surface area contributed by atoms with E-state index in [0.717, 1.165) is 0 Å². The lowest BCUT2D eigenvalue weighted by Crippen LogP contribution is -2.51. The van der Waals surface area contributed by atoms with Gasteiger partial charge in [0.2, 0.25) is 5.91 Å². The highest BCUT2D eigenvalue weighted by Crippen LogP contribution is 2.19. The number of alkyl carbamates (subject to hydrolysis) is 1. The first-order valence-electron chi connectivity index (χ1n) is 6.32. The minimum atomic E-state index is -1.12. The van der Waals surface area contributed by atoms with Gasteiger partial charge in [0.05, 0.1) is 0 Å². The fourth-order valence-electron chi connectivity index (χ4n) is 1.33. The van der Waals surface area contributed by atoms with Gasteiger partial charge in [-0.1, -0.05) is 20.8 Å². The van der Waals surface area contributed by atoms with Gasteiger partial charge < -0.3 is 20.5 Å². The van der Waals surface area contributed by atoms with E-state index in [9.17, 15) is 14.4 Å². The van der Waals surface area contributed by atoms with E-state index in [1.807, 2.05) is 0 Å². The van der Waals surface area contributed by atoms with Crippen LogP contribution in [0.25, 0.3) is 0 Å². The Labute approximate surface area is 119 Å². The molecule has 0 unspecified atom stereocenters. The second kappa shape index (κ2) is 6.58. The van der Waals surface area contributed by atoms with E-state index in [4.69, 9.17) is 9.84 Å². The van der Waals surface area contributed by atoms with E-state index in [1.54, 1.807) is 41.5 Å². The Morgan fingerprint density at radius 2 is 1.60 bits per heavy atom. The molecular weight excluding hydrogens is 264 g/mol. The van der Waals surface area contributed by atoms with Crippen molar-refractivity contribution in [1.82, 2.24) is 10.6 Å². The number of hydrogen-bond acceptors (Lipinski definition) is 4. The zero-order valence-corrected chi connectivity index (χ0v) is 12.9. The Morgan fingerprint density at radius 1 is 1.10 bits per heavy atom. The summed E-state index contributed by atoms with van der Waals surface area (Å²) in [4.78, 5) is 34.1. The molecule has 0 aromatic heterocycles. The van der Waals surface area contributed by atoms with Crippen LogP contribution in [0.4, 0.5) is 4.79 Å². The fourth-order valence-corrected chi connectivity index (χ4v) is 1.33. The molecule has 3 N–H and O–H groups in total. The summed E-state index contributed by atoms with van der Waals surface area (Å²) < 4.78 is 4.96. The maximum atomic E-state index is 11.6. The summed E-state index contributed by atoms with van der Waals surface area (Å²) in [7, 11) is 0. The largest absolute Gasteiger partial charge is 0.480 e. The molecule has 0 rings (SSSR count). The lowest BCUT2D eigenvalue weighted by atomic mass is 9.87. The molecule has 0 aliphatic rings. The Hall–Kier alpha value is -1.79. The summed E-state index contributed by atoms with van der Waals surface area (Å²) in [6.45, 7) is 9.87. The van der Waals surface area contributed by atoms with E-state index in [2.05, 4.69) is 10.6 Å². The number of carbonyl (C=O) groups is 3. The Kier molecular flexibility index (Phi) is 5.99. The summed E-state index contributed by atoms with van der Waals surface area (Å²) in [5, 5.41) is 13.7. The second-order valence-electron chi connectivity index (χ2n) is 6.56. The van der Waals surface area contributed by atoms with Crippen LogP contribution < -0.4 is 10.6 Å². The number of rotatable bonds is 4. The molecule has 0 saturated heterocycles. The molecule has 116 valence electrons. The van der Waals surface area contributed by atoms with Crippen LogP contribution in [-0.4, -0.2) is 41.3 Å². The van der Waals surface area contributed by atoms with Crippen LogP contribution in [0, 0.1) is 5.41 Å². The SMILES string of the molecule is CC(C)(C)OC(=O)NCC(=O)N[C@H](C(=O)O)C(C)(C)C. The molecule has 0 spiro atoms. The van der Waals surface area contributed by atoms with Crippen molar-refractivity contribution in [2.75, 3.05) is 6.54 Å². The zero-order valence-electron chi connectivity index (χ0n) is 12.9. The molecule has 0 aromatic rings. The average Bonchev–Trinajstić information content (AvgIpc) is 2.18. The van der Waals surface area contributed by atoms with Gasteiger partial charge in [-0.2, -0.15) is 0 Å². The summed E-state index contributed by atoms with van der Waals surface area (Å²) in [5.74, 6) is -1.71. The van der Waals surface area contributed by atoms with Crippen LogP contribution in [0.5, 0.6) is 0 Å². The summed E-state index contributed by atoms with van der Waals surface area (Å²) in [6, 6.07) is -1.03. The highest BCUT2D eigenvalue weighted by Gasteiger charge is 2.32. The molecule has 2 amide bonds. The number of aliphatic carboxylic acids is 1. The average molecular weight is 288 g/mol. The summed E-state index contributed by atoms with van der Waals surface area (Å²) in [6.07, 6.45) is -0.727. The standard InChI is InChI=1S/C13H24N2O5/c1-12(2,3)9(10(17)18)15-8(16)7-14-11(19)20-13(4,5)6/h9H,7H2,1-6H3,(H,14,19)(H,15,16)(H,17,18)/t9-/m1/s1. The third-order valence-electron chi connectivity index (χ3n) is 2.21. The van der Waals surface area contributed by atoms with Crippen LogP contribution in [0.3, 0.4) is 0 Å². The molecule has 0 heterocycles. The van der Waals surface area contributed by atoms with Gasteiger partial charge in [-0.25, -0.2) is 9.59 Å². The van der Waals surface area contributed by atoms with Crippen LogP contribution >= 0.6 is 0 Å². The summed E-state index contributed by atoms with van der Waals surface area (Å²) in [5.41, 5.74) is -1.29. The van der Waals surface area contributed by atoms with Crippen molar-refractivity contribution in [1.29, 1.82) is 0 Å². The molecule has 0 aliphatic heterocycles. The lowest BCUT2D eigenvalue weighted by Gasteiger charge is -2.27. The molecular formula is C13H24N2O5. The van der Waals surface area contributed by atoms with Crippen molar-refractivity contribution in [3.8, 4) is 0 Å². The van der Waals surface area contributed by atoms with Gasteiger partial charge in [-0.15, -0.1) is 0 Å². The van der Waals surface area contributed by atoms with Gasteiger partial charge in [-0.3, -0.25) is 4.79 Å². The normalized spacial score (nSPS) is 13.3. The van der Waals surface area contributed by atoms with Crippen molar-refractivity contribution in [3.05, 3.63) is 0 Å². The van der Waals surface area contributed by atoms with Crippen LogP contribution in [0.2, 0.25) is 0 Å². The number of amides is 2. The topological polar surface area (TPSA) is 105 Å². The van der Waals surface area contributed by atoms with Crippen molar-refractivity contribution in [2.24, 2.45) is 5.41 Å². The fraction of sp³-hybridized carbons (Fsp3) is 0.769. The zero-order chi connectivity index (χ0) is 16.1. The van der Waals surface area contributed by atoms with Crippen molar-refractivity contribution in [2.45, 2.75) is 53.2 Å². The Bertz CT molecular complexity index is 379. The predicted molar refractivity (Wildman–Crippen MR) is 73.3 cm³/mol. The van der Waals surface area contributed by atoms with Crippen molar-refractivity contribution in [3.63, 3.8) is 0 Å². The maximum absolute atomic E-state index is 11.6. The van der Waals surface area contributed by atoms with Gasteiger partial charge in [0.15, 0.2) is 0 Å². The van der Waals surface area contributed by atoms with E-state index >= 15 is 0 Å². The molecule has 0 bridgehead atoms. The van der Waals surface area contributed by atoms with E-state index in [1.165, 1.54) is 0 Å². The molecule has 0 aliphatic carbocycles. The second-order valence-corrected chi connectivity index (χ2v) is 6.56. The Morgan fingerprint density at radius 3 is 1.95 bits per heavy atom. The minimum Gasteiger partial charge on any atom is -0.480 e. The first kappa shape index (κ1) is 18.2. The minimum absolute atomic E-state index is 0.339. The molecule has 0 aromatic carbocycles. The number of carbonyl (C=O) groups excluding carboxylic acids is 2. The molecule has 0 radical (unpaired) electrons. The quantitative estimate of drug-likeness (QED) is 0.719. The molecule has 0 fully saturated rings. The Balaban J connectivity index is 4.36. The van der Waals surface area contributed by atoms with Crippen LogP contribution in [-0.2, 0) is 14.3 Å². The molecule has 0 saturated carbocycles. The number of ether oxygens (including phenoxy) is 1. The molecule has 20 heavy (non-hydrogen) atoms. The monoisotopic (exact) mass is 288 g/mol. The van der Waals surface area contributed by atoms with Gasteiger partial charge in [-0.05, 0) is 26.2 Å². The first-order chi connectivity index (χ1) is 8.83. The lowest BCUT2D eigenvalue weighted by molar-refractivity contribution is -0.144. The predicted octanol–water partition coefficient (Wildman–Crippen LogP) is 1.13. The smallest absolute Gasteiger partial charge is 0.408 e. The van der Waals surface area contributed by atoms with Crippen molar-refractivity contribution >= 4 is 18.0 Å². The number of carboxylic acid groups (broad SMARTS) is 1. The van der Waals surface area contributed by atoms with Crippen LogP contribution in [0.1, 0.15) is 41.5 Å². The van der Waals surface area contributed by atoms with Gasteiger partial charge in [0, 0.05) is 0 Å². The van der Waals surface area contributed by atoms with E-state index < -0.39 is 35.0 Å². The van der Waals surface area contributed by atoms with E-state index in [0.29, 0.717) is 0 Å². The number of nitrogens with one attached hydrogen (secondary N) is 2. The van der Waals surface area contributed by atoms with Gasteiger partial charge in [0.25, 0.3) is 0 Å². The molecule has 7 heteroatoms. The highest BCUT2D eigenvalue weighted by molar-refractivity contribution is 5.87.